The van der Waals surface area contributed by atoms with E-state index in [0.717, 1.165) is 47.5 Å². The number of rotatable bonds is 3. The van der Waals surface area contributed by atoms with E-state index >= 15 is 0 Å². The molecule has 0 fully saturated rings. The highest BCUT2D eigenvalue weighted by Gasteiger charge is 2.27. The standard InChI is InChI=1S/C20H18FN3O/c1-13-5-9-15(10-6-13)22-20(25)19-17-3-2-4-18(17)24(23-19)16-11-7-14(21)8-12-16/h5-12H,2-4H2,1H3,(H,22,25). The van der Waals surface area contributed by atoms with Crippen molar-refractivity contribution in [3.63, 3.8) is 0 Å². The van der Waals surface area contributed by atoms with Gasteiger partial charge in [-0.2, -0.15) is 5.10 Å². The minimum atomic E-state index is -0.287. The van der Waals surface area contributed by atoms with E-state index in [2.05, 4.69) is 10.4 Å². The number of hydrogen-bond acceptors (Lipinski definition) is 2. The lowest BCUT2D eigenvalue weighted by Gasteiger charge is -2.06. The maximum atomic E-state index is 13.2. The molecule has 0 unspecified atom stereocenters. The second-order valence-corrected chi connectivity index (χ2v) is 6.34. The van der Waals surface area contributed by atoms with Gasteiger partial charge in [-0.05, 0) is 62.6 Å². The minimum Gasteiger partial charge on any atom is -0.321 e. The normalized spacial score (nSPS) is 12.9. The van der Waals surface area contributed by atoms with Crippen LogP contribution in [0.25, 0.3) is 5.69 Å². The molecule has 0 saturated heterocycles. The molecule has 1 N–H and O–H groups in total. The lowest BCUT2D eigenvalue weighted by molar-refractivity contribution is 0.102. The molecule has 1 aliphatic carbocycles. The Morgan fingerprint density at radius 1 is 1.08 bits per heavy atom. The highest BCUT2D eigenvalue weighted by Crippen LogP contribution is 2.28. The number of aromatic nitrogens is 2. The molecule has 0 aliphatic heterocycles. The Balaban J connectivity index is 1.68. The van der Waals surface area contributed by atoms with E-state index in [-0.39, 0.29) is 11.7 Å². The van der Waals surface area contributed by atoms with Crippen LogP contribution in [0.2, 0.25) is 0 Å². The van der Waals surface area contributed by atoms with Gasteiger partial charge in [0.05, 0.1) is 5.69 Å². The molecule has 1 heterocycles. The molecular weight excluding hydrogens is 317 g/mol. The van der Waals surface area contributed by atoms with Gasteiger partial charge < -0.3 is 5.32 Å². The SMILES string of the molecule is Cc1ccc(NC(=O)c2nn(-c3ccc(F)cc3)c3c2CCC3)cc1. The quantitative estimate of drug-likeness (QED) is 0.784. The summed E-state index contributed by atoms with van der Waals surface area (Å²) in [7, 11) is 0. The summed E-state index contributed by atoms with van der Waals surface area (Å²) in [6, 6.07) is 13.9. The van der Waals surface area contributed by atoms with Crippen LogP contribution in [0.15, 0.2) is 48.5 Å². The Kier molecular flexibility index (Phi) is 3.84. The van der Waals surface area contributed by atoms with Gasteiger partial charge in [-0.25, -0.2) is 9.07 Å². The van der Waals surface area contributed by atoms with Crippen molar-refractivity contribution < 1.29 is 9.18 Å². The molecule has 126 valence electrons. The van der Waals surface area contributed by atoms with E-state index in [1.165, 1.54) is 12.1 Å². The number of carbonyl (C=O) groups excluding carboxylic acids is 1. The predicted octanol–water partition coefficient (Wildman–Crippen LogP) is 4.06. The molecule has 1 amide bonds. The van der Waals surface area contributed by atoms with Crippen molar-refractivity contribution in [2.45, 2.75) is 26.2 Å². The molecule has 0 radical (unpaired) electrons. The van der Waals surface area contributed by atoms with Crippen molar-refractivity contribution in [3.8, 4) is 5.69 Å². The molecule has 0 atom stereocenters. The van der Waals surface area contributed by atoms with Crippen LogP contribution in [-0.4, -0.2) is 15.7 Å². The van der Waals surface area contributed by atoms with Gasteiger partial charge in [-0.15, -0.1) is 0 Å². The summed E-state index contributed by atoms with van der Waals surface area (Å²) in [6.07, 6.45) is 2.71. The number of nitrogens with zero attached hydrogens (tertiary/aromatic N) is 2. The van der Waals surface area contributed by atoms with Gasteiger partial charge in [0.1, 0.15) is 5.82 Å². The molecule has 1 aliphatic rings. The van der Waals surface area contributed by atoms with Crippen molar-refractivity contribution in [2.75, 3.05) is 5.32 Å². The Morgan fingerprint density at radius 2 is 1.80 bits per heavy atom. The molecule has 0 saturated carbocycles. The zero-order valence-electron chi connectivity index (χ0n) is 13.9. The molecule has 25 heavy (non-hydrogen) atoms. The molecule has 0 bridgehead atoms. The molecule has 2 aromatic carbocycles. The van der Waals surface area contributed by atoms with Crippen molar-refractivity contribution in [2.24, 2.45) is 0 Å². The van der Waals surface area contributed by atoms with Crippen LogP contribution in [0.5, 0.6) is 0 Å². The van der Waals surface area contributed by atoms with Crippen LogP contribution in [0.3, 0.4) is 0 Å². The Hall–Kier alpha value is -2.95. The first-order valence-corrected chi connectivity index (χ1v) is 8.36. The lowest BCUT2D eigenvalue weighted by atomic mass is 10.2. The van der Waals surface area contributed by atoms with Gasteiger partial charge in [-0.1, -0.05) is 17.7 Å². The van der Waals surface area contributed by atoms with Gasteiger partial charge in [0.2, 0.25) is 0 Å². The third-order valence-electron chi connectivity index (χ3n) is 4.53. The van der Waals surface area contributed by atoms with Crippen LogP contribution in [0, 0.1) is 12.7 Å². The maximum Gasteiger partial charge on any atom is 0.276 e. The van der Waals surface area contributed by atoms with Gasteiger partial charge in [0.25, 0.3) is 5.91 Å². The Morgan fingerprint density at radius 3 is 2.52 bits per heavy atom. The van der Waals surface area contributed by atoms with E-state index < -0.39 is 0 Å². The summed E-state index contributed by atoms with van der Waals surface area (Å²) < 4.78 is 15.0. The minimum absolute atomic E-state index is 0.206. The van der Waals surface area contributed by atoms with E-state index in [9.17, 15) is 9.18 Å². The second-order valence-electron chi connectivity index (χ2n) is 6.34. The third kappa shape index (κ3) is 2.93. The van der Waals surface area contributed by atoms with Crippen molar-refractivity contribution in [1.29, 1.82) is 0 Å². The summed E-state index contributed by atoms with van der Waals surface area (Å²) in [4.78, 5) is 12.7. The Labute approximate surface area is 145 Å². The summed E-state index contributed by atoms with van der Waals surface area (Å²) in [6.45, 7) is 2.00. The number of aryl methyl sites for hydroxylation is 1. The fraction of sp³-hybridized carbons (Fsp3) is 0.200. The number of fused-ring (bicyclic) bond motifs is 1. The smallest absolute Gasteiger partial charge is 0.276 e. The number of halogens is 1. The summed E-state index contributed by atoms with van der Waals surface area (Å²) in [5, 5.41) is 7.44. The summed E-state index contributed by atoms with van der Waals surface area (Å²) in [5.41, 5.74) is 5.15. The average Bonchev–Trinajstić information content (AvgIpc) is 3.20. The molecule has 1 aromatic heterocycles. The zero-order valence-corrected chi connectivity index (χ0v) is 13.9. The van der Waals surface area contributed by atoms with Crippen molar-refractivity contribution in [3.05, 3.63) is 76.9 Å². The average molecular weight is 335 g/mol. The molecule has 4 rings (SSSR count). The van der Waals surface area contributed by atoms with E-state index in [1.54, 1.807) is 16.8 Å². The number of nitrogens with one attached hydrogen (secondary N) is 1. The fourth-order valence-corrected chi connectivity index (χ4v) is 3.24. The first-order valence-electron chi connectivity index (χ1n) is 8.36. The molecular formula is C20H18FN3O. The van der Waals surface area contributed by atoms with Crippen LogP contribution in [0.1, 0.15) is 33.7 Å². The zero-order chi connectivity index (χ0) is 17.4. The Bertz CT molecular complexity index is 927. The molecule has 0 spiro atoms. The number of benzene rings is 2. The van der Waals surface area contributed by atoms with Crippen LogP contribution in [-0.2, 0) is 12.8 Å². The van der Waals surface area contributed by atoms with Gasteiger partial charge >= 0.3 is 0 Å². The number of amides is 1. The van der Waals surface area contributed by atoms with Crippen molar-refractivity contribution in [1.82, 2.24) is 9.78 Å². The third-order valence-corrected chi connectivity index (χ3v) is 4.53. The topological polar surface area (TPSA) is 46.9 Å². The van der Waals surface area contributed by atoms with Gasteiger partial charge in [0, 0.05) is 16.9 Å². The molecule has 4 nitrogen and oxygen atoms in total. The van der Waals surface area contributed by atoms with Gasteiger partial charge in [-0.3, -0.25) is 4.79 Å². The highest BCUT2D eigenvalue weighted by molar-refractivity contribution is 6.04. The number of anilines is 1. The molecule has 3 aromatic rings. The maximum absolute atomic E-state index is 13.2. The monoisotopic (exact) mass is 335 g/mol. The van der Waals surface area contributed by atoms with Crippen LogP contribution >= 0.6 is 0 Å². The van der Waals surface area contributed by atoms with Gasteiger partial charge in [0.15, 0.2) is 5.69 Å². The first kappa shape index (κ1) is 15.6. The van der Waals surface area contributed by atoms with E-state index in [4.69, 9.17) is 0 Å². The lowest BCUT2D eigenvalue weighted by Crippen LogP contribution is -2.15. The summed E-state index contributed by atoms with van der Waals surface area (Å²) >= 11 is 0. The second kappa shape index (κ2) is 6.16. The first-order chi connectivity index (χ1) is 12.1. The van der Waals surface area contributed by atoms with Crippen LogP contribution < -0.4 is 5.32 Å². The number of hydrogen-bond donors (Lipinski definition) is 1. The van der Waals surface area contributed by atoms with Crippen molar-refractivity contribution >= 4 is 11.6 Å². The predicted molar refractivity (Wildman–Crippen MR) is 94.7 cm³/mol. The molecule has 5 heteroatoms. The highest BCUT2D eigenvalue weighted by atomic mass is 19.1. The summed E-state index contributed by atoms with van der Waals surface area (Å²) in [5.74, 6) is -0.493. The largest absolute Gasteiger partial charge is 0.321 e. The van der Waals surface area contributed by atoms with E-state index in [0.29, 0.717) is 5.69 Å². The number of carbonyl (C=O) groups is 1. The van der Waals surface area contributed by atoms with Crippen LogP contribution in [0.4, 0.5) is 10.1 Å². The fourth-order valence-electron chi connectivity index (χ4n) is 3.24. The van der Waals surface area contributed by atoms with E-state index in [1.807, 2.05) is 31.2 Å².